The molecule has 3 aromatic rings. The molecule has 0 aliphatic heterocycles. The minimum Gasteiger partial charge on any atom is -0.495 e. The monoisotopic (exact) mass is 551 g/mol. The van der Waals surface area contributed by atoms with Gasteiger partial charge in [-0.2, -0.15) is 5.10 Å². The molecule has 0 spiro atoms. The van der Waals surface area contributed by atoms with Gasteiger partial charge in [-0.15, -0.1) is 0 Å². The van der Waals surface area contributed by atoms with E-state index in [1.54, 1.807) is 42.5 Å². The topological polar surface area (TPSA) is 97.3 Å². The number of nitrogens with one attached hydrogen (secondary N) is 1. The number of carbonyl (C=O) groups is 1. The molecule has 0 aromatic heterocycles. The second kappa shape index (κ2) is 15.5. The molecule has 1 amide bonds. The molecule has 0 aliphatic carbocycles. The van der Waals surface area contributed by atoms with Crippen molar-refractivity contribution in [2.45, 2.75) is 50.3 Å². The number of sulfonamides is 1. The summed E-state index contributed by atoms with van der Waals surface area (Å²) in [5.74, 6) is 0.506. The van der Waals surface area contributed by atoms with Gasteiger partial charge in [-0.05, 0) is 60.5 Å². The lowest BCUT2D eigenvalue weighted by Gasteiger charge is -2.25. The number of ether oxygens (including phenoxy) is 2. The summed E-state index contributed by atoms with van der Waals surface area (Å²) in [7, 11) is -2.61. The van der Waals surface area contributed by atoms with Crippen LogP contribution in [0.2, 0.25) is 0 Å². The van der Waals surface area contributed by atoms with Crippen LogP contribution in [-0.4, -0.2) is 40.8 Å². The van der Waals surface area contributed by atoms with Crippen LogP contribution in [0.5, 0.6) is 11.5 Å². The summed E-state index contributed by atoms with van der Waals surface area (Å²) in [4.78, 5) is 12.8. The average molecular weight is 552 g/mol. The van der Waals surface area contributed by atoms with E-state index in [0.29, 0.717) is 12.4 Å². The molecule has 0 radical (unpaired) electrons. The Kier molecular flexibility index (Phi) is 11.8. The van der Waals surface area contributed by atoms with E-state index >= 15 is 0 Å². The SMILES string of the molecule is CCCCCCCCOc1ccc(C=NNC(=O)CN(c2ccccc2OC)S(=O)(=O)c2ccccc2)cc1. The van der Waals surface area contributed by atoms with Gasteiger partial charge in [0.15, 0.2) is 0 Å². The molecule has 0 atom stereocenters. The molecule has 0 unspecified atom stereocenters. The molecule has 1 N–H and O–H groups in total. The molecule has 3 aromatic carbocycles. The molecular formula is C30H37N3O5S. The lowest BCUT2D eigenvalue weighted by Crippen LogP contribution is -2.39. The maximum absolute atomic E-state index is 13.5. The standard InChI is InChI=1S/C30H37N3O5S/c1-3-4-5-6-7-13-22-38-26-20-18-25(19-21-26)23-31-32-30(34)24-33(28-16-11-12-17-29(28)37-2)39(35,36)27-14-9-8-10-15-27/h8-12,14-21,23H,3-7,13,22,24H2,1-2H3,(H,32,34). The molecule has 8 nitrogen and oxygen atoms in total. The van der Waals surface area contributed by atoms with Crippen LogP contribution in [0.25, 0.3) is 0 Å². The summed E-state index contributed by atoms with van der Waals surface area (Å²) in [6, 6.07) is 22.0. The van der Waals surface area contributed by atoms with Crippen LogP contribution in [0.3, 0.4) is 0 Å². The van der Waals surface area contributed by atoms with Crippen LogP contribution >= 0.6 is 0 Å². The molecule has 9 heteroatoms. The lowest BCUT2D eigenvalue weighted by molar-refractivity contribution is -0.119. The summed E-state index contributed by atoms with van der Waals surface area (Å²) in [6.45, 7) is 2.41. The maximum Gasteiger partial charge on any atom is 0.264 e. The van der Waals surface area contributed by atoms with Crippen molar-refractivity contribution in [1.29, 1.82) is 0 Å². The number of anilines is 1. The highest BCUT2D eigenvalue weighted by Gasteiger charge is 2.29. The smallest absolute Gasteiger partial charge is 0.264 e. The number of carbonyl (C=O) groups excluding carboxylic acids is 1. The zero-order chi connectivity index (χ0) is 27.9. The van der Waals surface area contributed by atoms with Gasteiger partial charge in [0.2, 0.25) is 0 Å². The Morgan fingerprint density at radius 3 is 2.28 bits per heavy atom. The molecule has 0 saturated heterocycles. The zero-order valence-electron chi connectivity index (χ0n) is 22.6. The normalized spacial score (nSPS) is 11.3. The molecule has 0 saturated carbocycles. The Labute approximate surface area is 231 Å². The van der Waals surface area contributed by atoms with E-state index in [1.165, 1.54) is 57.6 Å². The number of hydrazone groups is 1. The third-order valence-corrected chi connectivity index (χ3v) is 7.80. The Balaban J connectivity index is 1.60. The van der Waals surface area contributed by atoms with Gasteiger partial charge in [-0.25, -0.2) is 13.8 Å². The van der Waals surface area contributed by atoms with Gasteiger partial charge in [0.1, 0.15) is 18.0 Å². The average Bonchev–Trinajstić information content (AvgIpc) is 2.96. The molecule has 0 bridgehead atoms. The van der Waals surface area contributed by atoms with E-state index in [2.05, 4.69) is 17.5 Å². The Bertz CT molecular complexity index is 1300. The molecule has 0 aliphatic rings. The van der Waals surface area contributed by atoms with Gasteiger partial charge in [0.05, 0.1) is 30.5 Å². The fourth-order valence-electron chi connectivity index (χ4n) is 3.92. The predicted octanol–water partition coefficient (Wildman–Crippen LogP) is 5.78. The largest absolute Gasteiger partial charge is 0.495 e. The van der Waals surface area contributed by atoms with Gasteiger partial charge in [0, 0.05) is 0 Å². The van der Waals surface area contributed by atoms with Crippen molar-refractivity contribution in [3.8, 4) is 11.5 Å². The van der Waals surface area contributed by atoms with Gasteiger partial charge in [-0.1, -0.05) is 69.4 Å². The van der Waals surface area contributed by atoms with E-state index in [1.807, 2.05) is 24.3 Å². The number of unbranched alkanes of at least 4 members (excludes halogenated alkanes) is 5. The van der Waals surface area contributed by atoms with Crippen molar-refractivity contribution in [3.05, 3.63) is 84.4 Å². The molecule has 39 heavy (non-hydrogen) atoms. The van der Waals surface area contributed by atoms with Gasteiger partial charge in [0.25, 0.3) is 15.9 Å². The number of hydrogen-bond acceptors (Lipinski definition) is 6. The van der Waals surface area contributed by atoms with Crippen molar-refractivity contribution in [3.63, 3.8) is 0 Å². The van der Waals surface area contributed by atoms with E-state index < -0.39 is 22.5 Å². The van der Waals surface area contributed by atoms with E-state index in [0.717, 1.165) is 22.0 Å². The Morgan fingerprint density at radius 1 is 0.897 bits per heavy atom. The molecule has 0 heterocycles. The summed E-state index contributed by atoms with van der Waals surface area (Å²) < 4.78 is 39.1. The maximum atomic E-state index is 13.5. The van der Waals surface area contributed by atoms with E-state index in [4.69, 9.17) is 9.47 Å². The first-order chi connectivity index (χ1) is 19.0. The van der Waals surface area contributed by atoms with Crippen LogP contribution < -0.4 is 19.2 Å². The second-order valence-electron chi connectivity index (χ2n) is 8.98. The number of nitrogens with zero attached hydrogens (tertiary/aromatic N) is 2. The number of methoxy groups -OCH3 is 1. The Hall–Kier alpha value is -3.85. The summed E-state index contributed by atoms with van der Waals surface area (Å²) in [6.07, 6.45) is 8.75. The lowest BCUT2D eigenvalue weighted by atomic mass is 10.1. The van der Waals surface area contributed by atoms with Crippen LogP contribution in [0.1, 0.15) is 51.0 Å². The molecule has 3 rings (SSSR count). The summed E-state index contributed by atoms with van der Waals surface area (Å²) in [5.41, 5.74) is 3.44. The number of para-hydroxylation sites is 2. The molecule has 208 valence electrons. The fraction of sp³-hybridized carbons (Fsp3) is 0.333. The highest BCUT2D eigenvalue weighted by molar-refractivity contribution is 7.92. The third-order valence-electron chi connectivity index (χ3n) is 6.02. The second-order valence-corrected chi connectivity index (χ2v) is 10.8. The first-order valence-electron chi connectivity index (χ1n) is 13.2. The zero-order valence-corrected chi connectivity index (χ0v) is 23.4. The number of benzene rings is 3. The van der Waals surface area contributed by atoms with E-state index in [9.17, 15) is 13.2 Å². The molecular weight excluding hydrogens is 514 g/mol. The fourth-order valence-corrected chi connectivity index (χ4v) is 5.37. The molecule has 0 fully saturated rings. The van der Waals surface area contributed by atoms with Crippen molar-refractivity contribution in [1.82, 2.24) is 5.43 Å². The van der Waals surface area contributed by atoms with Crippen molar-refractivity contribution in [2.24, 2.45) is 5.10 Å². The van der Waals surface area contributed by atoms with Crippen molar-refractivity contribution < 1.29 is 22.7 Å². The van der Waals surface area contributed by atoms with Gasteiger partial charge in [-0.3, -0.25) is 9.10 Å². The van der Waals surface area contributed by atoms with Crippen LogP contribution in [-0.2, 0) is 14.8 Å². The third kappa shape index (κ3) is 9.14. The van der Waals surface area contributed by atoms with Crippen molar-refractivity contribution in [2.75, 3.05) is 24.6 Å². The number of amides is 1. The minimum atomic E-state index is -4.05. The first-order valence-corrected chi connectivity index (χ1v) is 14.6. The quantitative estimate of drug-likeness (QED) is 0.138. The van der Waals surface area contributed by atoms with Gasteiger partial charge < -0.3 is 9.47 Å². The highest BCUT2D eigenvalue weighted by Crippen LogP contribution is 2.32. The number of hydrogen-bond donors (Lipinski definition) is 1. The highest BCUT2D eigenvalue weighted by atomic mass is 32.2. The summed E-state index contributed by atoms with van der Waals surface area (Å²) >= 11 is 0. The van der Waals surface area contributed by atoms with Crippen molar-refractivity contribution >= 4 is 27.8 Å². The Morgan fingerprint density at radius 2 is 1.56 bits per heavy atom. The number of rotatable bonds is 16. The van der Waals surface area contributed by atoms with Crippen LogP contribution in [0.4, 0.5) is 5.69 Å². The van der Waals surface area contributed by atoms with Crippen LogP contribution in [0, 0.1) is 0 Å². The van der Waals surface area contributed by atoms with Crippen LogP contribution in [0.15, 0.2) is 88.9 Å². The summed E-state index contributed by atoms with van der Waals surface area (Å²) in [5, 5.41) is 4.01. The predicted molar refractivity (Wildman–Crippen MR) is 155 cm³/mol. The first kappa shape index (κ1) is 29.7. The minimum absolute atomic E-state index is 0.0611. The van der Waals surface area contributed by atoms with E-state index in [-0.39, 0.29) is 10.6 Å². The van der Waals surface area contributed by atoms with Gasteiger partial charge >= 0.3 is 0 Å².